The zero-order chi connectivity index (χ0) is 22.1. The topological polar surface area (TPSA) is 72.3 Å². The van der Waals surface area contributed by atoms with Crippen LogP contribution >= 0.6 is 11.6 Å². The van der Waals surface area contributed by atoms with Crippen molar-refractivity contribution in [3.8, 4) is 5.69 Å². The van der Waals surface area contributed by atoms with Gasteiger partial charge in [0.25, 0.3) is 5.56 Å². The fourth-order valence-electron chi connectivity index (χ4n) is 2.88. The summed E-state index contributed by atoms with van der Waals surface area (Å²) in [6.45, 7) is 0. The molecule has 0 saturated heterocycles. The lowest BCUT2D eigenvalue weighted by Crippen LogP contribution is -2.39. The minimum atomic E-state index is -4.89. The van der Waals surface area contributed by atoms with E-state index < -0.39 is 32.7 Å². The van der Waals surface area contributed by atoms with Gasteiger partial charge in [-0.2, -0.15) is 17.5 Å². The zero-order valence-corrected chi connectivity index (χ0v) is 17.0. The van der Waals surface area contributed by atoms with Crippen LogP contribution in [-0.4, -0.2) is 35.5 Å². The molecule has 0 spiro atoms. The van der Waals surface area contributed by atoms with Gasteiger partial charge in [0, 0.05) is 30.5 Å². The monoisotopic (exact) mass is 457 g/mol. The first kappa shape index (κ1) is 22.0. The van der Waals surface area contributed by atoms with E-state index in [4.69, 9.17) is 11.6 Å². The Morgan fingerprint density at radius 1 is 1.10 bits per heavy atom. The van der Waals surface area contributed by atoms with Crippen molar-refractivity contribution in [3.63, 3.8) is 0 Å². The molecule has 158 valence electrons. The number of pyridine rings is 2. The molecule has 0 saturated carbocycles. The minimum absolute atomic E-state index is 0.102. The van der Waals surface area contributed by atoms with E-state index in [9.17, 15) is 26.4 Å². The Morgan fingerprint density at radius 2 is 1.77 bits per heavy atom. The molecule has 2 aromatic heterocycles. The molecule has 0 unspecified atom stereocenters. The van der Waals surface area contributed by atoms with E-state index in [0.717, 1.165) is 36.0 Å². The molecule has 6 nitrogen and oxygen atoms in total. The molecule has 0 aliphatic carbocycles. The third-order valence-corrected chi connectivity index (χ3v) is 6.38. The van der Waals surface area contributed by atoms with Gasteiger partial charge in [0.1, 0.15) is 10.9 Å². The number of aromatic nitrogens is 2. The van der Waals surface area contributed by atoms with Gasteiger partial charge in [0.05, 0.1) is 11.9 Å². The summed E-state index contributed by atoms with van der Waals surface area (Å²) in [5.41, 5.74) is -0.636. The standard InChI is InChI=1S/C19H15ClF3N3O3S/c1-25(18(19(21,22)23)13-5-7-14(20)8-6-13)30(28,29)16-10-15(11-24-12-16)26-9-3-2-4-17(26)27/h2-12,18H,1H3/t18-/m1/s1. The summed E-state index contributed by atoms with van der Waals surface area (Å²) in [7, 11) is -3.78. The highest BCUT2D eigenvalue weighted by Crippen LogP contribution is 2.39. The van der Waals surface area contributed by atoms with Crippen molar-refractivity contribution in [1.82, 2.24) is 13.9 Å². The van der Waals surface area contributed by atoms with Crippen LogP contribution in [0.15, 0.2) is 76.8 Å². The second-order valence-electron chi connectivity index (χ2n) is 6.30. The van der Waals surface area contributed by atoms with E-state index in [2.05, 4.69) is 4.98 Å². The van der Waals surface area contributed by atoms with Gasteiger partial charge >= 0.3 is 6.18 Å². The number of sulfonamides is 1. The first-order chi connectivity index (χ1) is 14.0. The normalized spacial score (nSPS) is 13.4. The first-order valence-electron chi connectivity index (χ1n) is 8.45. The SMILES string of the molecule is CN([C@H](c1ccc(Cl)cc1)C(F)(F)F)S(=O)(=O)c1cncc(-n2ccccc2=O)c1. The first-order valence-corrected chi connectivity index (χ1v) is 10.3. The lowest BCUT2D eigenvalue weighted by Gasteiger charge is -2.29. The average molecular weight is 458 g/mol. The van der Waals surface area contributed by atoms with Crippen molar-refractivity contribution in [3.05, 3.63) is 88.1 Å². The number of nitrogens with zero attached hydrogens (tertiary/aromatic N) is 3. The maximum atomic E-state index is 13.8. The predicted molar refractivity (Wildman–Crippen MR) is 105 cm³/mol. The molecule has 0 aliphatic heterocycles. The summed E-state index contributed by atoms with van der Waals surface area (Å²) in [4.78, 5) is 15.3. The molecule has 1 aromatic carbocycles. The Labute approximate surface area is 175 Å². The maximum Gasteiger partial charge on any atom is 0.409 e. The third-order valence-electron chi connectivity index (χ3n) is 4.34. The van der Waals surface area contributed by atoms with Crippen LogP contribution in [0.2, 0.25) is 5.02 Å². The van der Waals surface area contributed by atoms with Crippen LogP contribution < -0.4 is 5.56 Å². The Hall–Kier alpha value is -2.69. The van der Waals surface area contributed by atoms with Gasteiger partial charge in [-0.1, -0.05) is 29.8 Å². The molecule has 11 heteroatoms. The second kappa shape index (κ2) is 8.21. The molecular weight excluding hydrogens is 443 g/mol. The third kappa shape index (κ3) is 4.40. The van der Waals surface area contributed by atoms with Crippen LogP contribution in [0.4, 0.5) is 13.2 Å². The summed E-state index contributed by atoms with van der Waals surface area (Å²) in [6.07, 6.45) is -1.33. The van der Waals surface area contributed by atoms with Crippen molar-refractivity contribution in [2.75, 3.05) is 7.05 Å². The molecule has 3 aromatic rings. The lowest BCUT2D eigenvalue weighted by atomic mass is 10.1. The van der Waals surface area contributed by atoms with Gasteiger partial charge in [-0.3, -0.25) is 14.3 Å². The number of alkyl halides is 3. The fourth-order valence-corrected chi connectivity index (χ4v) is 4.32. The molecule has 0 radical (unpaired) electrons. The predicted octanol–water partition coefficient (Wildman–Crippen LogP) is 3.81. The smallest absolute Gasteiger partial charge is 0.283 e. The largest absolute Gasteiger partial charge is 0.409 e. The van der Waals surface area contributed by atoms with Crippen LogP contribution in [0.1, 0.15) is 11.6 Å². The Kier molecular flexibility index (Phi) is 6.02. The number of rotatable bonds is 5. The molecule has 0 N–H and O–H groups in total. The van der Waals surface area contributed by atoms with Gasteiger partial charge in [0.2, 0.25) is 10.0 Å². The van der Waals surface area contributed by atoms with Crippen molar-refractivity contribution < 1.29 is 21.6 Å². The van der Waals surface area contributed by atoms with Gasteiger partial charge in [-0.15, -0.1) is 0 Å². The van der Waals surface area contributed by atoms with E-state index in [1.807, 2.05) is 0 Å². The van der Waals surface area contributed by atoms with Crippen molar-refractivity contribution in [2.45, 2.75) is 17.1 Å². The highest BCUT2D eigenvalue weighted by Gasteiger charge is 2.47. The number of hydrogen-bond acceptors (Lipinski definition) is 4. The Bertz CT molecular complexity index is 1210. The molecule has 30 heavy (non-hydrogen) atoms. The van der Waals surface area contributed by atoms with Crippen LogP contribution in [0.3, 0.4) is 0 Å². The van der Waals surface area contributed by atoms with Crippen molar-refractivity contribution in [2.24, 2.45) is 0 Å². The molecule has 0 bridgehead atoms. The Morgan fingerprint density at radius 3 is 2.37 bits per heavy atom. The maximum absolute atomic E-state index is 13.8. The van der Waals surface area contributed by atoms with Gasteiger partial charge < -0.3 is 0 Å². The van der Waals surface area contributed by atoms with Gasteiger partial charge in [-0.25, -0.2) is 8.42 Å². The van der Waals surface area contributed by atoms with Crippen molar-refractivity contribution in [1.29, 1.82) is 0 Å². The second-order valence-corrected chi connectivity index (χ2v) is 8.74. The lowest BCUT2D eigenvalue weighted by molar-refractivity contribution is -0.171. The highest BCUT2D eigenvalue weighted by molar-refractivity contribution is 7.89. The van der Waals surface area contributed by atoms with Gasteiger partial charge in [-0.05, 0) is 29.8 Å². The molecule has 1 atom stereocenters. The summed E-state index contributed by atoms with van der Waals surface area (Å²) in [5, 5.41) is 0.218. The van der Waals surface area contributed by atoms with E-state index in [1.54, 1.807) is 6.07 Å². The average Bonchev–Trinajstić information content (AvgIpc) is 2.69. The highest BCUT2D eigenvalue weighted by atomic mass is 35.5. The van der Waals surface area contributed by atoms with E-state index in [0.29, 0.717) is 0 Å². The van der Waals surface area contributed by atoms with E-state index in [1.165, 1.54) is 36.7 Å². The van der Waals surface area contributed by atoms with Crippen LogP contribution in [0, 0.1) is 0 Å². The molecular formula is C19H15ClF3N3O3S. The summed E-state index contributed by atoms with van der Waals surface area (Å²) in [5.74, 6) is 0. The number of halogens is 4. The Balaban J connectivity index is 2.07. The molecule has 3 rings (SSSR count). The summed E-state index contributed by atoms with van der Waals surface area (Å²) < 4.78 is 68.8. The van der Waals surface area contributed by atoms with Crippen LogP contribution in [0.25, 0.3) is 5.69 Å². The molecule has 0 amide bonds. The number of benzene rings is 1. The zero-order valence-electron chi connectivity index (χ0n) is 15.4. The van der Waals surface area contributed by atoms with Crippen LogP contribution in [-0.2, 0) is 10.0 Å². The number of hydrogen-bond donors (Lipinski definition) is 0. The van der Waals surface area contributed by atoms with Crippen LogP contribution in [0.5, 0.6) is 0 Å². The van der Waals surface area contributed by atoms with Crippen molar-refractivity contribution >= 4 is 21.6 Å². The minimum Gasteiger partial charge on any atom is -0.283 e. The fraction of sp³-hybridized carbons (Fsp3) is 0.158. The summed E-state index contributed by atoms with van der Waals surface area (Å²) in [6, 6.07) is 7.69. The molecule has 0 aliphatic rings. The quantitative estimate of drug-likeness (QED) is 0.584. The molecule has 2 heterocycles. The molecule has 0 fully saturated rings. The summed E-state index contributed by atoms with van der Waals surface area (Å²) >= 11 is 5.74. The van der Waals surface area contributed by atoms with Gasteiger partial charge in [0.15, 0.2) is 0 Å². The van der Waals surface area contributed by atoms with E-state index in [-0.39, 0.29) is 20.6 Å². The van der Waals surface area contributed by atoms with E-state index >= 15 is 0 Å².